The molecule has 0 radical (unpaired) electrons. The number of hydrogen-bond donors (Lipinski definition) is 2. The van der Waals surface area contributed by atoms with Crippen LogP contribution in [0.3, 0.4) is 0 Å². The molecule has 8 nitrogen and oxygen atoms in total. The molecule has 2 N–H and O–H groups in total. The second-order valence-corrected chi connectivity index (χ2v) is 7.96. The zero-order valence-electron chi connectivity index (χ0n) is 20.1. The Morgan fingerprint density at radius 2 is 1.88 bits per heavy atom. The number of benzene rings is 1. The van der Waals surface area contributed by atoms with E-state index in [1.807, 2.05) is 43.5 Å². The number of hydrogen-bond acceptors (Lipinski definition) is 6. The molecule has 1 aromatic heterocycles. The van der Waals surface area contributed by atoms with Crippen molar-refractivity contribution in [3.8, 4) is 11.5 Å². The zero-order valence-corrected chi connectivity index (χ0v) is 22.4. The molecule has 0 saturated carbocycles. The molecule has 0 amide bonds. The molecule has 1 unspecified atom stereocenters. The molecular formula is C24H37IN6O2. The van der Waals surface area contributed by atoms with Crippen molar-refractivity contribution < 1.29 is 9.47 Å². The van der Waals surface area contributed by atoms with Gasteiger partial charge in [-0.25, -0.2) is 9.98 Å². The first kappa shape index (κ1) is 27.0. The molecule has 1 atom stereocenters. The number of aliphatic imine (C=N–C) groups is 1. The predicted octanol–water partition coefficient (Wildman–Crippen LogP) is 2.98. The van der Waals surface area contributed by atoms with Gasteiger partial charge in [0, 0.05) is 50.6 Å². The van der Waals surface area contributed by atoms with E-state index in [0.717, 1.165) is 61.6 Å². The third-order valence-corrected chi connectivity index (χ3v) is 5.36. The van der Waals surface area contributed by atoms with Gasteiger partial charge in [0.2, 0.25) is 0 Å². The summed E-state index contributed by atoms with van der Waals surface area (Å²) in [6.07, 6.45) is 1.83. The number of piperazine rings is 1. The summed E-state index contributed by atoms with van der Waals surface area (Å²) >= 11 is 0. The summed E-state index contributed by atoms with van der Waals surface area (Å²) in [5.41, 5.74) is 1.13. The van der Waals surface area contributed by atoms with E-state index in [2.05, 4.69) is 45.5 Å². The van der Waals surface area contributed by atoms with Gasteiger partial charge < -0.3 is 29.9 Å². The van der Waals surface area contributed by atoms with Crippen molar-refractivity contribution in [2.75, 3.05) is 58.3 Å². The van der Waals surface area contributed by atoms with Crippen LogP contribution in [0.5, 0.6) is 11.5 Å². The normalized spacial score (nSPS) is 15.4. The zero-order chi connectivity index (χ0) is 22.8. The molecule has 0 aliphatic carbocycles. The molecule has 1 aliphatic rings. The van der Waals surface area contributed by atoms with E-state index in [1.54, 1.807) is 7.11 Å². The van der Waals surface area contributed by atoms with Crippen LogP contribution >= 0.6 is 24.0 Å². The average Bonchev–Trinajstić information content (AvgIpc) is 2.82. The van der Waals surface area contributed by atoms with E-state index < -0.39 is 0 Å². The maximum absolute atomic E-state index is 6.01. The van der Waals surface area contributed by atoms with Crippen LogP contribution in [0.1, 0.15) is 19.4 Å². The fourth-order valence-electron chi connectivity index (χ4n) is 3.55. The molecule has 33 heavy (non-hydrogen) atoms. The number of ether oxygens (including phenoxy) is 2. The van der Waals surface area contributed by atoms with Gasteiger partial charge in [-0.2, -0.15) is 0 Å². The van der Waals surface area contributed by atoms with E-state index in [0.29, 0.717) is 13.1 Å². The SMILES string of the molecule is CCNC(=NCc1cccnc1N1CCN(C)CC1)NCC(C)Oc1cccc(OC)c1.I. The van der Waals surface area contributed by atoms with Crippen molar-refractivity contribution in [2.45, 2.75) is 26.5 Å². The molecule has 0 bridgehead atoms. The summed E-state index contributed by atoms with van der Waals surface area (Å²) < 4.78 is 11.3. The summed E-state index contributed by atoms with van der Waals surface area (Å²) in [5.74, 6) is 3.37. The number of methoxy groups -OCH3 is 1. The molecule has 9 heteroatoms. The Morgan fingerprint density at radius 3 is 2.61 bits per heavy atom. The van der Waals surface area contributed by atoms with Crippen LogP contribution < -0.4 is 25.0 Å². The lowest BCUT2D eigenvalue weighted by Crippen LogP contribution is -2.45. The molecule has 1 aliphatic heterocycles. The van der Waals surface area contributed by atoms with E-state index in [1.165, 1.54) is 0 Å². The summed E-state index contributed by atoms with van der Waals surface area (Å²) in [5, 5.41) is 6.70. The lowest BCUT2D eigenvalue weighted by Gasteiger charge is -2.34. The number of rotatable bonds is 9. The van der Waals surface area contributed by atoms with Crippen LogP contribution in [-0.2, 0) is 6.54 Å². The summed E-state index contributed by atoms with van der Waals surface area (Å²) in [6.45, 7) is 10.1. The maximum Gasteiger partial charge on any atom is 0.191 e. The number of pyridine rings is 1. The second-order valence-electron chi connectivity index (χ2n) is 7.96. The van der Waals surface area contributed by atoms with Crippen molar-refractivity contribution >= 4 is 35.8 Å². The van der Waals surface area contributed by atoms with Gasteiger partial charge in [-0.3, -0.25) is 0 Å². The van der Waals surface area contributed by atoms with Crippen LogP contribution in [0, 0.1) is 0 Å². The molecular weight excluding hydrogens is 531 g/mol. The van der Waals surface area contributed by atoms with E-state index >= 15 is 0 Å². The Bertz CT molecular complexity index is 874. The molecule has 1 aromatic carbocycles. The average molecular weight is 569 g/mol. The quantitative estimate of drug-likeness (QED) is 0.274. The highest BCUT2D eigenvalue weighted by Gasteiger charge is 2.18. The van der Waals surface area contributed by atoms with Gasteiger partial charge in [-0.1, -0.05) is 12.1 Å². The highest BCUT2D eigenvalue weighted by Crippen LogP contribution is 2.20. The van der Waals surface area contributed by atoms with Gasteiger partial charge in [0.05, 0.1) is 20.2 Å². The van der Waals surface area contributed by atoms with Crippen LogP contribution in [0.15, 0.2) is 47.6 Å². The van der Waals surface area contributed by atoms with Gasteiger partial charge in [-0.15, -0.1) is 24.0 Å². The molecule has 3 rings (SSSR count). The van der Waals surface area contributed by atoms with Crippen molar-refractivity contribution in [1.82, 2.24) is 20.5 Å². The Hall–Kier alpha value is -2.27. The number of guanidine groups is 1. The minimum atomic E-state index is -0.0368. The number of halogens is 1. The van der Waals surface area contributed by atoms with E-state index in [-0.39, 0.29) is 30.1 Å². The van der Waals surface area contributed by atoms with E-state index in [9.17, 15) is 0 Å². The van der Waals surface area contributed by atoms with E-state index in [4.69, 9.17) is 14.5 Å². The standard InChI is InChI=1S/C24H36N6O2.HI/c1-5-25-24(27-17-19(2)32-22-10-6-9-21(16-22)31-4)28-18-20-8-7-11-26-23(20)30-14-12-29(3)13-15-30;/h6-11,16,19H,5,12-15,17-18H2,1-4H3,(H2,25,27,28);1H. The first-order valence-electron chi connectivity index (χ1n) is 11.3. The summed E-state index contributed by atoms with van der Waals surface area (Å²) in [6, 6.07) is 11.7. The molecule has 2 aromatic rings. The molecule has 1 fully saturated rings. The Morgan fingerprint density at radius 1 is 1.12 bits per heavy atom. The Kier molecular flexibility index (Phi) is 11.5. The first-order chi connectivity index (χ1) is 15.6. The third kappa shape index (κ3) is 8.54. The number of nitrogens with one attached hydrogen (secondary N) is 2. The van der Waals surface area contributed by atoms with Crippen molar-refractivity contribution in [1.29, 1.82) is 0 Å². The fourth-order valence-corrected chi connectivity index (χ4v) is 3.55. The van der Waals surface area contributed by atoms with Gasteiger partial charge in [-0.05, 0) is 39.1 Å². The van der Waals surface area contributed by atoms with Crippen LogP contribution in [0.2, 0.25) is 0 Å². The highest BCUT2D eigenvalue weighted by atomic mass is 127. The maximum atomic E-state index is 6.01. The molecule has 2 heterocycles. The van der Waals surface area contributed by atoms with Gasteiger partial charge in [0.25, 0.3) is 0 Å². The molecule has 1 saturated heterocycles. The number of likely N-dealkylation sites (N-methyl/N-ethyl adjacent to an activating group) is 1. The fraction of sp³-hybridized carbons (Fsp3) is 0.500. The monoisotopic (exact) mass is 568 g/mol. The highest BCUT2D eigenvalue weighted by molar-refractivity contribution is 14.0. The van der Waals surface area contributed by atoms with Gasteiger partial charge in [0.15, 0.2) is 5.96 Å². The number of nitrogens with zero attached hydrogens (tertiary/aromatic N) is 4. The molecule has 182 valence electrons. The first-order valence-corrected chi connectivity index (χ1v) is 11.3. The smallest absolute Gasteiger partial charge is 0.191 e. The van der Waals surface area contributed by atoms with Crippen molar-refractivity contribution in [3.63, 3.8) is 0 Å². The van der Waals surface area contributed by atoms with Gasteiger partial charge >= 0.3 is 0 Å². The Labute approximate surface area is 214 Å². The summed E-state index contributed by atoms with van der Waals surface area (Å²) in [4.78, 5) is 14.2. The number of anilines is 1. The van der Waals surface area contributed by atoms with Crippen LogP contribution in [0.4, 0.5) is 5.82 Å². The number of aromatic nitrogens is 1. The Balaban J connectivity index is 0.00000385. The van der Waals surface area contributed by atoms with Crippen LogP contribution in [0.25, 0.3) is 0 Å². The largest absolute Gasteiger partial charge is 0.497 e. The lowest BCUT2D eigenvalue weighted by atomic mass is 10.2. The minimum Gasteiger partial charge on any atom is -0.497 e. The van der Waals surface area contributed by atoms with Crippen molar-refractivity contribution in [3.05, 3.63) is 48.2 Å². The second kappa shape index (κ2) is 14.1. The van der Waals surface area contributed by atoms with Crippen LogP contribution in [-0.4, -0.2) is 75.4 Å². The topological polar surface area (TPSA) is 74.3 Å². The minimum absolute atomic E-state index is 0. The predicted molar refractivity (Wildman–Crippen MR) is 145 cm³/mol. The molecule has 0 spiro atoms. The lowest BCUT2D eigenvalue weighted by molar-refractivity contribution is 0.223. The third-order valence-electron chi connectivity index (χ3n) is 5.36. The van der Waals surface area contributed by atoms with Gasteiger partial charge in [0.1, 0.15) is 23.4 Å². The summed E-state index contributed by atoms with van der Waals surface area (Å²) in [7, 11) is 3.81. The van der Waals surface area contributed by atoms with Crippen molar-refractivity contribution in [2.24, 2.45) is 4.99 Å².